The zero-order valence-corrected chi connectivity index (χ0v) is 15.9. The van der Waals surface area contributed by atoms with Crippen molar-refractivity contribution in [3.63, 3.8) is 0 Å². The first-order valence-corrected chi connectivity index (χ1v) is 8.76. The van der Waals surface area contributed by atoms with Gasteiger partial charge in [0.1, 0.15) is 11.4 Å². The Hall–Kier alpha value is -3.67. The van der Waals surface area contributed by atoms with Crippen LogP contribution in [0.15, 0.2) is 60.8 Å². The van der Waals surface area contributed by atoms with Gasteiger partial charge in [0.25, 0.3) is 5.91 Å². The first-order chi connectivity index (χ1) is 13.5. The van der Waals surface area contributed by atoms with E-state index < -0.39 is 0 Å². The van der Waals surface area contributed by atoms with Gasteiger partial charge < -0.3 is 15.4 Å². The number of nitrogens with zero attached hydrogens (tertiary/aromatic N) is 1. The number of aryl methyl sites for hydroxylation is 1. The highest BCUT2D eigenvalue weighted by Gasteiger charge is 2.11. The molecule has 28 heavy (non-hydrogen) atoms. The van der Waals surface area contributed by atoms with E-state index in [1.165, 1.54) is 6.92 Å². The number of ether oxygens (including phenoxy) is 1. The maximum Gasteiger partial charge on any atom is 0.274 e. The zero-order chi connectivity index (χ0) is 20.1. The number of ketones is 1. The summed E-state index contributed by atoms with van der Waals surface area (Å²) >= 11 is 0. The quantitative estimate of drug-likeness (QED) is 0.616. The Morgan fingerprint density at radius 1 is 1.00 bits per heavy atom. The summed E-state index contributed by atoms with van der Waals surface area (Å²) in [4.78, 5) is 28.2. The van der Waals surface area contributed by atoms with E-state index in [2.05, 4.69) is 15.6 Å². The van der Waals surface area contributed by atoms with Crippen LogP contribution in [0.4, 0.5) is 17.1 Å². The SMILES string of the molecule is COc1ccc(C)cc1NC(=O)c1ccc(Nc2cccc(C(C)=O)c2)cn1. The molecule has 142 valence electrons. The van der Waals surface area contributed by atoms with Crippen molar-refractivity contribution in [3.8, 4) is 5.75 Å². The van der Waals surface area contributed by atoms with Crippen molar-refractivity contribution in [3.05, 3.63) is 77.6 Å². The number of nitrogens with one attached hydrogen (secondary N) is 2. The Morgan fingerprint density at radius 3 is 2.50 bits per heavy atom. The molecule has 0 saturated heterocycles. The number of rotatable bonds is 6. The van der Waals surface area contributed by atoms with Crippen molar-refractivity contribution >= 4 is 28.8 Å². The fourth-order valence-corrected chi connectivity index (χ4v) is 2.69. The largest absolute Gasteiger partial charge is 0.495 e. The van der Waals surface area contributed by atoms with Gasteiger partial charge in [-0.3, -0.25) is 9.59 Å². The average molecular weight is 375 g/mol. The van der Waals surface area contributed by atoms with Gasteiger partial charge in [0, 0.05) is 11.3 Å². The van der Waals surface area contributed by atoms with Crippen molar-refractivity contribution in [2.24, 2.45) is 0 Å². The summed E-state index contributed by atoms with van der Waals surface area (Å²) in [6.07, 6.45) is 1.57. The summed E-state index contributed by atoms with van der Waals surface area (Å²) in [5.74, 6) is 0.261. The summed E-state index contributed by atoms with van der Waals surface area (Å²) in [7, 11) is 1.56. The predicted octanol–water partition coefficient (Wildman–Crippen LogP) is 4.60. The van der Waals surface area contributed by atoms with Crippen molar-refractivity contribution in [2.75, 3.05) is 17.7 Å². The molecule has 2 N–H and O–H groups in total. The first kappa shape index (κ1) is 19.1. The van der Waals surface area contributed by atoms with E-state index in [1.54, 1.807) is 43.6 Å². The van der Waals surface area contributed by atoms with Crippen LogP contribution in [0, 0.1) is 6.92 Å². The molecule has 1 heterocycles. The number of amides is 1. The third kappa shape index (κ3) is 4.54. The standard InChI is InChI=1S/C22H21N3O3/c1-14-7-10-21(28-3)20(11-14)25-22(27)19-9-8-18(13-23-19)24-17-6-4-5-16(12-17)15(2)26/h4-13,24H,1-3H3,(H,25,27). The van der Waals surface area contributed by atoms with Crippen LogP contribution in [0.25, 0.3) is 0 Å². The van der Waals surface area contributed by atoms with E-state index in [4.69, 9.17) is 4.74 Å². The van der Waals surface area contributed by atoms with Crippen LogP contribution in [0.5, 0.6) is 5.75 Å². The number of Topliss-reactive ketones (excluding diaryl/α,β-unsaturated/α-hetero) is 1. The van der Waals surface area contributed by atoms with Gasteiger partial charge in [-0.2, -0.15) is 0 Å². The highest BCUT2D eigenvalue weighted by Crippen LogP contribution is 2.26. The Morgan fingerprint density at radius 2 is 1.82 bits per heavy atom. The van der Waals surface area contributed by atoms with E-state index in [1.807, 2.05) is 31.2 Å². The molecular weight excluding hydrogens is 354 g/mol. The molecule has 0 bridgehead atoms. The van der Waals surface area contributed by atoms with Crippen LogP contribution in [0.1, 0.15) is 33.3 Å². The number of aromatic nitrogens is 1. The molecule has 0 aliphatic rings. The number of methoxy groups -OCH3 is 1. The molecule has 6 nitrogen and oxygen atoms in total. The minimum atomic E-state index is -0.325. The smallest absolute Gasteiger partial charge is 0.274 e. The van der Waals surface area contributed by atoms with Crippen molar-refractivity contribution < 1.29 is 14.3 Å². The summed E-state index contributed by atoms with van der Waals surface area (Å²) < 4.78 is 5.28. The number of carbonyl (C=O) groups is 2. The van der Waals surface area contributed by atoms with Gasteiger partial charge in [-0.25, -0.2) is 4.98 Å². The number of hydrogen-bond donors (Lipinski definition) is 2. The van der Waals surface area contributed by atoms with Gasteiger partial charge in [-0.1, -0.05) is 18.2 Å². The van der Waals surface area contributed by atoms with Crippen molar-refractivity contribution in [1.82, 2.24) is 4.98 Å². The molecule has 0 aliphatic carbocycles. The Kier molecular flexibility index (Phi) is 5.69. The second kappa shape index (κ2) is 8.35. The molecule has 0 radical (unpaired) electrons. The van der Waals surface area contributed by atoms with Gasteiger partial charge in [-0.15, -0.1) is 0 Å². The maximum atomic E-state index is 12.5. The lowest BCUT2D eigenvalue weighted by Gasteiger charge is -2.11. The average Bonchev–Trinajstić information content (AvgIpc) is 2.69. The first-order valence-electron chi connectivity index (χ1n) is 8.76. The number of pyridine rings is 1. The van der Waals surface area contributed by atoms with Crippen LogP contribution in [-0.2, 0) is 0 Å². The van der Waals surface area contributed by atoms with Crippen LogP contribution in [-0.4, -0.2) is 23.8 Å². The summed E-state index contributed by atoms with van der Waals surface area (Å²) in [6, 6.07) is 16.2. The van der Waals surface area contributed by atoms with Gasteiger partial charge in [-0.05, 0) is 55.8 Å². The van der Waals surface area contributed by atoms with Crippen molar-refractivity contribution in [2.45, 2.75) is 13.8 Å². The van der Waals surface area contributed by atoms with E-state index in [9.17, 15) is 9.59 Å². The van der Waals surface area contributed by atoms with E-state index >= 15 is 0 Å². The lowest BCUT2D eigenvalue weighted by Crippen LogP contribution is -2.14. The molecule has 0 atom stereocenters. The van der Waals surface area contributed by atoms with Gasteiger partial charge in [0.2, 0.25) is 0 Å². The van der Waals surface area contributed by atoms with Crippen LogP contribution in [0.3, 0.4) is 0 Å². The predicted molar refractivity (Wildman–Crippen MR) is 110 cm³/mol. The Labute approximate surface area is 163 Å². The minimum absolute atomic E-state index is 0.000343. The lowest BCUT2D eigenvalue weighted by atomic mass is 10.1. The molecular formula is C22H21N3O3. The molecule has 0 spiro atoms. The number of anilines is 3. The summed E-state index contributed by atoms with van der Waals surface area (Å²) in [5.41, 5.74) is 4.00. The lowest BCUT2D eigenvalue weighted by molar-refractivity contribution is 0.101. The maximum absolute atomic E-state index is 12.5. The highest BCUT2D eigenvalue weighted by molar-refractivity contribution is 6.03. The van der Waals surface area contributed by atoms with E-state index in [-0.39, 0.29) is 17.4 Å². The molecule has 0 aliphatic heterocycles. The highest BCUT2D eigenvalue weighted by atomic mass is 16.5. The number of carbonyl (C=O) groups excluding carboxylic acids is 2. The van der Waals surface area contributed by atoms with Gasteiger partial charge >= 0.3 is 0 Å². The normalized spacial score (nSPS) is 10.2. The fourth-order valence-electron chi connectivity index (χ4n) is 2.69. The third-order valence-electron chi connectivity index (χ3n) is 4.16. The molecule has 2 aromatic carbocycles. The topological polar surface area (TPSA) is 80.3 Å². The monoisotopic (exact) mass is 375 g/mol. The molecule has 3 aromatic rings. The second-order valence-electron chi connectivity index (χ2n) is 6.35. The molecule has 6 heteroatoms. The van der Waals surface area contributed by atoms with Gasteiger partial charge in [0.05, 0.1) is 24.7 Å². The second-order valence-corrected chi connectivity index (χ2v) is 6.35. The Bertz CT molecular complexity index is 1010. The van der Waals surface area contributed by atoms with Crippen LogP contribution >= 0.6 is 0 Å². The molecule has 0 unspecified atom stereocenters. The molecule has 3 rings (SSSR count). The van der Waals surface area contributed by atoms with E-state index in [0.29, 0.717) is 22.7 Å². The fraction of sp³-hybridized carbons (Fsp3) is 0.136. The minimum Gasteiger partial charge on any atom is -0.495 e. The van der Waals surface area contributed by atoms with Crippen LogP contribution in [0.2, 0.25) is 0 Å². The van der Waals surface area contributed by atoms with Gasteiger partial charge in [0.15, 0.2) is 5.78 Å². The molecule has 0 fully saturated rings. The summed E-state index contributed by atoms with van der Waals surface area (Å²) in [5, 5.41) is 6.00. The number of benzene rings is 2. The van der Waals surface area contributed by atoms with Crippen molar-refractivity contribution in [1.29, 1.82) is 0 Å². The third-order valence-corrected chi connectivity index (χ3v) is 4.16. The zero-order valence-electron chi connectivity index (χ0n) is 15.9. The molecule has 1 amide bonds. The number of hydrogen-bond acceptors (Lipinski definition) is 5. The molecule has 0 saturated carbocycles. The van der Waals surface area contributed by atoms with Crippen LogP contribution < -0.4 is 15.4 Å². The van der Waals surface area contributed by atoms with E-state index in [0.717, 1.165) is 11.3 Å². The summed E-state index contributed by atoms with van der Waals surface area (Å²) in [6.45, 7) is 3.46. The molecule has 1 aromatic heterocycles. The Balaban J connectivity index is 1.72.